The van der Waals surface area contributed by atoms with Gasteiger partial charge < -0.3 is 14.7 Å². The summed E-state index contributed by atoms with van der Waals surface area (Å²) in [5.41, 5.74) is 2.96. The molecule has 172 valence electrons. The van der Waals surface area contributed by atoms with Crippen LogP contribution in [-0.2, 0) is 11.4 Å². The van der Waals surface area contributed by atoms with Crippen molar-refractivity contribution in [3.05, 3.63) is 100 Å². The van der Waals surface area contributed by atoms with Gasteiger partial charge in [-0.05, 0) is 47.5 Å². The van der Waals surface area contributed by atoms with Crippen LogP contribution in [0.4, 0.5) is 0 Å². The second-order valence-electron chi connectivity index (χ2n) is 8.08. The lowest BCUT2D eigenvalue weighted by atomic mass is 10.0. The molecule has 5 nitrogen and oxygen atoms in total. The summed E-state index contributed by atoms with van der Waals surface area (Å²) in [5.74, 6) is 0.734. The summed E-state index contributed by atoms with van der Waals surface area (Å²) < 4.78 is 5.73. The first-order chi connectivity index (χ1) is 16.0. The number of benzene rings is 3. The fourth-order valence-corrected chi connectivity index (χ4v) is 4.12. The summed E-state index contributed by atoms with van der Waals surface area (Å²) in [6, 6.07) is 24.8. The Morgan fingerprint density at radius 3 is 2.55 bits per heavy atom. The third-order valence-electron chi connectivity index (χ3n) is 5.32. The maximum absolute atomic E-state index is 10.7. The van der Waals surface area contributed by atoms with Crippen LogP contribution in [0.25, 0.3) is 0 Å². The average Bonchev–Trinajstić information content (AvgIpc) is 3.27. The molecule has 1 heterocycles. The lowest BCUT2D eigenvalue weighted by Crippen LogP contribution is -2.39. The van der Waals surface area contributed by atoms with Gasteiger partial charge in [-0.2, -0.15) is 0 Å². The molecule has 3 aromatic rings. The zero-order chi connectivity index (χ0) is 23.0. The fourth-order valence-electron chi connectivity index (χ4n) is 3.78. The van der Waals surface area contributed by atoms with Crippen LogP contribution in [0.5, 0.6) is 5.75 Å². The van der Waals surface area contributed by atoms with Gasteiger partial charge >= 0.3 is 0 Å². The van der Waals surface area contributed by atoms with Crippen LogP contribution in [-0.4, -0.2) is 47.6 Å². The van der Waals surface area contributed by atoms with Gasteiger partial charge in [-0.3, -0.25) is 4.90 Å². The smallest absolute Gasteiger partial charge is 0.145 e. The molecule has 3 aromatic carbocycles. The summed E-state index contributed by atoms with van der Waals surface area (Å²) in [6.07, 6.45) is -0.0934. The molecule has 0 aliphatic carbocycles. The van der Waals surface area contributed by atoms with Gasteiger partial charge in [-0.25, -0.2) is 0 Å². The number of halogens is 2. The summed E-state index contributed by atoms with van der Waals surface area (Å²) >= 11 is 12.2. The molecule has 1 aliphatic rings. The van der Waals surface area contributed by atoms with Gasteiger partial charge in [-0.1, -0.05) is 70.8 Å². The van der Waals surface area contributed by atoms with E-state index in [-0.39, 0.29) is 12.7 Å². The Hall–Kier alpha value is -2.57. The van der Waals surface area contributed by atoms with Crippen LogP contribution < -0.4 is 4.74 Å². The molecule has 1 aliphatic heterocycles. The van der Waals surface area contributed by atoms with Crippen LogP contribution in [0.3, 0.4) is 0 Å². The first kappa shape index (κ1) is 23.6. The van der Waals surface area contributed by atoms with E-state index in [1.165, 1.54) is 0 Å². The van der Waals surface area contributed by atoms with Gasteiger partial charge in [0.15, 0.2) is 0 Å². The standard InChI is InChI=1S/C26H26Cl2N2O3/c27-21-11-9-20(10-12-21)26-14-25(33-29-26)17-30(15-19-5-4-6-22(28)13-19)16-23(31)18-32-24-7-2-1-3-8-24/h1-13,23,25,31H,14-18H2. The predicted octanol–water partition coefficient (Wildman–Crippen LogP) is 5.43. The molecule has 0 fully saturated rings. The number of aliphatic hydroxyl groups excluding tert-OH is 1. The molecule has 0 aromatic heterocycles. The van der Waals surface area contributed by atoms with Crippen molar-refractivity contribution in [2.24, 2.45) is 5.16 Å². The van der Waals surface area contributed by atoms with Gasteiger partial charge in [0.25, 0.3) is 0 Å². The van der Waals surface area contributed by atoms with Gasteiger partial charge in [-0.15, -0.1) is 0 Å². The van der Waals surface area contributed by atoms with Gasteiger partial charge in [0, 0.05) is 36.1 Å². The lowest BCUT2D eigenvalue weighted by Gasteiger charge is -2.27. The SMILES string of the molecule is OC(COc1ccccc1)CN(Cc1cccc(Cl)c1)CC1CC(c2ccc(Cl)cc2)=NO1. The monoisotopic (exact) mass is 484 g/mol. The van der Waals surface area contributed by atoms with Gasteiger partial charge in [0.05, 0.1) is 5.71 Å². The highest BCUT2D eigenvalue weighted by Gasteiger charge is 2.26. The molecule has 2 unspecified atom stereocenters. The van der Waals surface area contributed by atoms with Crippen molar-refractivity contribution < 1.29 is 14.7 Å². The van der Waals surface area contributed by atoms with Crippen molar-refractivity contribution in [3.63, 3.8) is 0 Å². The van der Waals surface area contributed by atoms with E-state index >= 15 is 0 Å². The molecule has 0 bridgehead atoms. The predicted molar refractivity (Wildman–Crippen MR) is 132 cm³/mol. The molecule has 2 atom stereocenters. The molecule has 0 saturated heterocycles. The summed E-state index contributed by atoms with van der Waals surface area (Å²) in [6.45, 7) is 1.86. The quantitative estimate of drug-likeness (QED) is 0.416. The minimum Gasteiger partial charge on any atom is -0.491 e. The molecular weight excluding hydrogens is 459 g/mol. The van der Waals surface area contributed by atoms with E-state index in [1.807, 2.05) is 78.9 Å². The molecule has 0 spiro atoms. The Bertz CT molecular complexity index is 1060. The number of rotatable bonds is 10. The third-order valence-corrected chi connectivity index (χ3v) is 5.81. The highest BCUT2D eigenvalue weighted by Crippen LogP contribution is 2.21. The van der Waals surface area contributed by atoms with Crippen LogP contribution in [0, 0.1) is 0 Å². The molecule has 0 saturated carbocycles. The number of nitrogens with zero attached hydrogens (tertiary/aromatic N) is 2. The normalized spacial score (nSPS) is 16.4. The summed E-state index contributed by atoms with van der Waals surface area (Å²) in [4.78, 5) is 7.88. The Labute approximate surface area is 204 Å². The molecule has 0 amide bonds. The topological polar surface area (TPSA) is 54.3 Å². The maximum Gasteiger partial charge on any atom is 0.145 e. The van der Waals surface area contributed by atoms with E-state index < -0.39 is 6.10 Å². The van der Waals surface area contributed by atoms with Crippen LogP contribution in [0.2, 0.25) is 10.0 Å². The van der Waals surface area contributed by atoms with Crippen molar-refractivity contribution in [1.29, 1.82) is 0 Å². The first-order valence-corrected chi connectivity index (χ1v) is 11.6. The number of oxime groups is 1. The summed E-state index contributed by atoms with van der Waals surface area (Å²) in [5, 5.41) is 16.3. The minimum absolute atomic E-state index is 0.114. The van der Waals surface area contributed by atoms with E-state index in [2.05, 4.69) is 10.1 Å². The van der Waals surface area contributed by atoms with Crippen molar-refractivity contribution in [2.45, 2.75) is 25.2 Å². The second-order valence-corrected chi connectivity index (χ2v) is 8.95. The molecular formula is C26H26Cl2N2O3. The van der Waals surface area contributed by atoms with E-state index in [0.717, 1.165) is 22.6 Å². The highest BCUT2D eigenvalue weighted by atomic mass is 35.5. The Morgan fingerprint density at radius 2 is 1.79 bits per heavy atom. The van der Waals surface area contributed by atoms with E-state index in [1.54, 1.807) is 0 Å². The van der Waals surface area contributed by atoms with Crippen LogP contribution in [0.15, 0.2) is 84.0 Å². The van der Waals surface area contributed by atoms with Crippen molar-refractivity contribution in [1.82, 2.24) is 4.90 Å². The first-order valence-electron chi connectivity index (χ1n) is 10.9. The fraction of sp³-hybridized carbons (Fsp3) is 0.269. The molecule has 33 heavy (non-hydrogen) atoms. The van der Waals surface area contributed by atoms with Crippen molar-refractivity contribution in [3.8, 4) is 5.75 Å². The van der Waals surface area contributed by atoms with Crippen LogP contribution in [0.1, 0.15) is 17.5 Å². The zero-order valence-corrected chi connectivity index (χ0v) is 19.6. The van der Waals surface area contributed by atoms with E-state index in [9.17, 15) is 5.11 Å². The zero-order valence-electron chi connectivity index (χ0n) is 18.1. The van der Waals surface area contributed by atoms with Gasteiger partial charge in [0.2, 0.25) is 0 Å². The number of hydrogen-bond acceptors (Lipinski definition) is 5. The number of hydrogen-bond donors (Lipinski definition) is 1. The highest BCUT2D eigenvalue weighted by molar-refractivity contribution is 6.31. The number of ether oxygens (including phenoxy) is 1. The molecule has 7 heteroatoms. The molecule has 0 radical (unpaired) electrons. The Kier molecular flexibility index (Phi) is 8.24. The third kappa shape index (κ3) is 7.21. The average molecular weight is 485 g/mol. The molecule has 1 N–H and O–H groups in total. The Balaban J connectivity index is 1.37. The van der Waals surface area contributed by atoms with E-state index in [0.29, 0.717) is 36.1 Å². The van der Waals surface area contributed by atoms with Gasteiger partial charge in [0.1, 0.15) is 24.6 Å². The second kappa shape index (κ2) is 11.5. The Morgan fingerprint density at radius 1 is 1.00 bits per heavy atom. The summed E-state index contributed by atoms with van der Waals surface area (Å²) in [7, 11) is 0. The molecule has 4 rings (SSSR count). The van der Waals surface area contributed by atoms with E-state index in [4.69, 9.17) is 32.8 Å². The van der Waals surface area contributed by atoms with Crippen molar-refractivity contribution >= 4 is 28.9 Å². The number of aliphatic hydroxyl groups is 1. The lowest BCUT2D eigenvalue weighted by molar-refractivity contribution is 0.0213. The largest absolute Gasteiger partial charge is 0.491 e. The number of para-hydroxylation sites is 1. The maximum atomic E-state index is 10.7. The van der Waals surface area contributed by atoms with Crippen LogP contribution >= 0.6 is 23.2 Å². The van der Waals surface area contributed by atoms with Crippen molar-refractivity contribution in [2.75, 3.05) is 19.7 Å². The minimum atomic E-state index is -0.664.